The lowest BCUT2D eigenvalue weighted by Gasteiger charge is -2.24. The van der Waals surface area contributed by atoms with E-state index in [9.17, 15) is 19.6 Å². The SMILES string of the molecule is N#Cc1cccnc1N1CCCN(C(=O)C[C@@H]2NC(=O)NC2=O)CC1. The molecule has 0 saturated carbocycles. The molecule has 0 aromatic carbocycles. The van der Waals surface area contributed by atoms with Crippen LogP contribution in [0.1, 0.15) is 18.4 Å². The van der Waals surface area contributed by atoms with E-state index < -0.39 is 18.0 Å². The topological polar surface area (TPSA) is 118 Å². The summed E-state index contributed by atoms with van der Waals surface area (Å²) < 4.78 is 0. The van der Waals surface area contributed by atoms with Gasteiger partial charge in [0, 0.05) is 32.4 Å². The Morgan fingerprint density at radius 3 is 2.88 bits per heavy atom. The number of nitriles is 1. The zero-order valence-corrected chi connectivity index (χ0v) is 13.6. The summed E-state index contributed by atoms with van der Waals surface area (Å²) in [6.07, 6.45) is 2.33. The van der Waals surface area contributed by atoms with Gasteiger partial charge in [-0.15, -0.1) is 0 Å². The molecule has 1 aromatic rings. The molecule has 3 heterocycles. The molecular formula is C16H18N6O3. The van der Waals surface area contributed by atoms with Crippen LogP contribution in [0.15, 0.2) is 18.3 Å². The van der Waals surface area contributed by atoms with Gasteiger partial charge in [-0.2, -0.15) is 5.26 Å². The molecule has 2 fully saturated rings. The minimum atomic E-state index is -0.805. The van der Waals surface area contributed by atoms with Crippen LogP contribution >= 0.6 is 0 Å². The molecule has 0 aliphatic carbocycles. The third kappa shape index (κ3) is 3.68. The molecule has 2 saturated heterocycles. The van der Waals surface area contributed by atoms with Crippen LogP contribution in [-0.4, -0.2) is 60.0 Å². The molecule has 0 radical (unpaired) electrons. The van der Waals surface area contributed by atoms with Gasteiger partial charge in [0.25, 0.3) is 5.91 Å². The Morgan fingerprint density at radius 2 is 2.16 bits per heavy atom. The molecule has 3 rings (SSSR count). The van der Waals surface area contributed by atoms with Crippen molar-refractivity contribution in [1.29, 1.82) is 5.26 Å². The highest BCUT2D eigenvalue weighted by Crippen LogP contribution is 2.18. The van der Waals surface area contributed by atoms with Crippen molar-refractivity contribution in [1.82, 2.24) is 20.5 Å². The molecule has 9 heteroatoms. The summed E-state index contributed by atoms with van der Waals surface area (Å²) in [5.41, 5.74) is 0.507. The summed E-state index contributed by atoms with van der Waals surface area (Å²) in [7, 11) is 0. The quantitative estimate of drug-likeness (QED) is 0.721. The number of amides is 4. The predicted molar refractivity (Wildman–Crippen MR) is 87.4 cm³/mol. The molecule has 9 nitrogen and oxygen atoms in total. The van der Waals surface area contributed by atoms with Crippen molar-refractivity contribution in [3.63, 3.8) is 0 Å². The molecule has 1 atom stereocenters. The van der Waals surface area contributed by atoms with Crippen molar-refractivity contribution in [2.45, 2.75) is 18.9 Å². The first kappa shape index (κ1) is 16.7. The van der Waals surface area contributed by atoms with Gasteiger partial charge in [0.1, 0.15) is 17.9 Å². The lowest BCUT2D eigenvalue weighted by molar-refractivity contribution is -0.133. The van der Waals surface area contributed by atoms with Gasteiger partial charge in [-0.3, -0.25) is 14.9 Å². The van der Waals surface area contributed by atoms with E-state index >= 15 is 0 Å². The highest BCUT2D eigenvalue weighted by Gasteiger charge is 2.33. The number of hydrogen-bond donors (Lipinski definition) is 2. The Morgan fingerprint density at radius 1 is 1.32 bits per heavy atom. The average molecular weight is 342 g/mol. The second-order valence-corrected chi connectivity index (χ2v) is 5.93. The molecular weight excluding hydrogens is 324 g/mol. The molecule has 2 aliphatic heterocycles. The van der Waals surface area contributed by atoms with Gasteiger partial charge in [-0.25, -0.2) is 9.78 Å². The van der Waals surface area contributed by atoms with Gasteiger partial charge in [0.05, 0.1) is 12.0 Å². The smallest absolute Gasteiger partial charge is 0.322 e. The molecule has 2 N–H and O–H groups in total. The summed E-state index contributed by atoms with van der Waals surface area (Å²) in [6.45, 7) is 2.28. The lowest BCUT2D eigenvalue weighted by Crippen LogP contribution is -2.40. The number of anilines is 1. The van der Waals surface area contributed by atoms with E-state index in [1.807, 2.05) is 4.90 Å². The third-order valence-electron chi connectivity index (χ3n) is 4.29. The van der Waals surface area contributed by atoms with Crippen LogP contribution in [0.5, 0.6) is 0 Å². The molecule has 4 amide bonds. The number of carbonyl (C=O) groups is 3. The van der Waals surface area contributed by atoms with E-state index in [4.69, 9.17) is 0 Å². The average Bonchev–Trinajstić information content (AvgIpc) is 2.80. The zero-order chi connectivity index (χ0) is 17.8. The van der Waals surface area contributed by atoms with E-state index in [-0.39, 0.29) is 12.3 Å². The van der Waals surface area contributed by atoms with E-state index in [2.05, 4.69) is 21.7 Å². The number of carbonyl (C=O) groups excluding carboxylic acids is 3. The first-order chi connectivity index (χ1) is 12.1. The normalized spacial score (nSPS) is 20.5. The number of pyridine rings is 1. The van der Waals surface area contributed by atoms with Gasteiger partial charge in [0.15, 0.2) is 0 Å². The Bertz CT molecular complexity index is 744. The van der Waals surface area contributed by atoms with Gasteiger partial charge in [-0.05, 0) is 18.6 Å². The fourth-order valence-corrected chi connectivity index (χ4v) is 3.02. The van der Waals surface area contributed by atoms with Crippen LogP contribution in [0.25, 0.3) is 0 Å². The monoisotopic (exact) mass is 342 g/mol. The number of rotatable bonds is 3. The van der Waals surface area contributed by atoms with Crippen LogP contribution in [0, 0.1) is 11.3 Å². The van der Waals surface area contributed by atoms with Crippen molar-refractivity contribution in [2.75, 3.05) is 31.1 Å². The molecule has 0 bridgehead atoms. The minimum Gasteiger partial charge on any atom is -0.354 e. The van der Waals surface area contributed by atoms with Crippen molar-refractivity contribution in [2.24, 2.45) is 0 Å². The number of imide groups is 1. The van der Waals surface area contributed by atoms with E-state index in [1.54, 1.807) is 23.2 Å². The fraction of sp³-hybridized carbons (Fsp3) is 0.438. The van der Waals surface area contributed by atoms with E-state index in [0.29, 0.717) is 37.6 Å². The number of aromatic nitrogens is 1. The second kappa shape index (κ2) is 7.17. The highest BCUT2D eigenvalue weighted by molar-refractivity contribution is 6.05. The summed E-state index contributed by atoms with van der Waals surface area (Å²) in [5.74, 6) is -0.0191. The van der Waals surface area contributed by atoms with Gasteiger partial charge in [-0.1, -0.05) is 0 Å². The molecule has 130 valence electrons. The Hall–Kier alpha value is -3.15. The van der Waals surface area contributed by atoms with Crippen LogP contribution < -0.4 is 15.5 Å². The first-order valence-electron chi connectivity index (χ1n) is 8.07. The summed E-state index contributed by atoms with van der Waals surface area (Å²) in [4.78, 5) is 43.1. The van der Waals surface area contributed by atoms with Crippen LogP contribution in [-0.2, 0) is 9.59 Å². The Kier molecular flexibility index (Phi) is 4.79. The fourth-order valence-electron chi connectivity index (χ4n) is 3.02. The van der Waals surface area contributed by atoms with E-state index in [1.165, 1.54) is 0 Å². The molecule has 25 heavy (non-hydrogen) atoms. The summed E-state index contributed by atoms with van der Waals surface area (Å²) >= 11 is 0. The maximum absolute atomic E-state index is 12.4. The maximum Gasteiger partial charge on any atom is 0.322 e. The molecule has 0 spiro atoms. The maximum atomic E-state index is 12.4. The van der Waals surface area contributed by atoms with Crippen LogP contribution in [0.2, 0.25) is 0 Å². The molecule has 2 aliphatic rings. The second-order valence-electron chi connectivity index (χ2n) is 5.93. The van der Waals surface area contributed by atoms with Gasteiger partial charge in [0.2, 0.25) is 5.91 Å². The van der Waals surface area contributed by atoms with Crippen LogP contribution in [0.3, 0.4) is 0 Å². The van der Waals surface area contributed by atoms with Crippen LogP contribution in [0.4, 0.5) is 10.6 Å². The Balaban J connectivity index is 1.62. The molecule has 0 unspecified atom stereocenters. The van der Waals surface area contributed by atoms with Gasteiger partial charge < -0.3 is 15.1 Å². The highest BCUT2D eigenvalue weighted by atomic mass is 16.2. The predicted octanol–water partition coefficient (Wildman–Crippen LogP) is -0.410. The zero-order valence-electron chi connectivity index (χ0n) is 13.6. The standard InChI is InChI=1S/C16H18N6O3/c17-10-11-3-1-4-18-14(11)22-6-2-5-21(7-8-22)13(23)9-12-15(24)20-16(25)19-12/h1,3-4,12H,2,5-9H2,(H2,19,20,24,25)/t12-/m0/s1. The summed E-state index contributed by atoms with van der Waals surface area (Å²) in [6, 6.07) is 4.20. The van der Waals surface area contributed by atoms with Gasteiger partial charge >= 0.3 is 6.03 Å². The van der Waals surface area contributed by atoms with E-state index in [0.717, 1.165) is 6.42 Å². The molecule has 1 aromatic heterocycles. The first-order valence-corrected chi connectivity index (χ1v) is 8.07. The Labute approximate surface area is 144 Å². The number of hydrogen-bond acceptors (Lipinski definition) is 6. The minimum absolute atomic E-state index is 0.0510. The number of nitrogens with zero attached hydrogens (tertiary/aromatic N) is 4. The van der Waals surface area contributed by atoms with Crippen molar-refractivity contribution < 1.29 is 14.4 Å². The summed E-state index contributed by atoms with van der Waals surface area (Å²) in [5, 5.41) is 13.8. The van der Waals surface area contributed by atoms with Crippen molar-refractivity contribution in [3.05, 3.63) is 23.9 Å². The lowest BCUT2D eigenvalue weighted by atomic mass is 10.2. The van der Waals surface area contributed by atoms with Crippen molar-refractivity contribution >= 4 is 23.7 Å². The number of nitrogens with one attached hydrogen (secondary N) is 2. The largest absolute Gasteiger partial charge is 0.354 e. The van der Waals surface area contributed by atoms with Crippen molar-refractivity contribution in [3.8, 4) is 6.07 Å². The number of urea groups is 1. The third-order valence-corrected chi connectivity index (χ3v) is 4.29.